The molecule has 0 amide bonds. The van der Waals surface area contributed by atoms with Crippen molar-refractivity contribution in [2.75, 3.05) is 0 Å². The molecule has 0 aromatic heterocycles. The predicted molar refractivity (Wildman–Crippen MR) is 48.3 cm³/mol. The second-order valence-electron chi connectivity index (χ2n) is 2.07. The third-order valence-electron chi connectivity index (χ3n) is 1.20. The van der Waals surface area contributed by atoms with Crippen LogP contribution in [0.1, 0.15) is 5.56 Å². The standard InChI is InChI=1S/C7H7AsCl2/c1-6-3-2-4-7(5-6)8(9)10/h2-5H,1H3. The third kappa shape index (κ3) is 2.20. The van der Waals surface area contributed by atoms with Gasteiger partial charge in [0.05, 0.1) is 0 Å². The van der Waals surface area contributed by atoms with E-state index in [2.05, 4.69) is 0 Å². The second-order valence-corrected chi connectivity index (χ2v) is 8.55. The first kappa shape index (κ1) is 8.45. The zero-order valence-corrected chi connectivity index (χ0v) is 8.90. The second kappa shape index (κ2) is 3.66. The molecule has 1 aromatic rings. The van der Waals surface area contributed by atoms with Gasteiger partial charge in [-0.25, -0.2) is 0 Å². The van der Waals surface area contributed by atoms with E-state index in [9.17, 15) is 0 Å². The molecule has 1 aromatic carbocycles. The first-order valence-corrected chi connectivity index (χ1v) is 8.75. The Kier molecular flexibility index (Phi) is 3.10. The third-order valence-corrected chi connectivity index (χ3v) is 4.63. The Morgan fingerprint density at radius 3 is 2.40 bits per heavy atom. The van der Waals surface area contributed by atoms with Crippen molar-refractivity contribution in [2.45, 2.75) is 6.92 Å². The summed E-state index contributed by atoms with van der Waals surface area (Å²) < 4.78 is 1.11. The van der Waals surface area contributed by atoms with E-state index in [0.717, 1.165) is 4.35 Å². The van der Waals surface area contributed by atoms with Crippen molar-refractivity contribution in [2.24, 2.45) is 0 Å². The Morgan fingerprint density at radius 2 is 2.00 bits per heavy atom. The van der Waals surface area contributed by atoms with Crippen molar-refractivity contribution < 1.29 is 0 Å². The van der Waals surface area contributed by atoms with Gasteiger partial charge < -0.3 is 0 Å². The summed E-state index contributed by atoms with van der Waals surface area (Å²) in [5.74, 6) is 0. The van der Waals surface area contributed by atoms with Crippen LogP contribution < -0.4 is 4.35 Å². The maximum absolute atomic E-state index is 5.79. The van der Waals surface area contributed by atoms with Crippen LogP contribution in [-0.2, 0) is 0 Å². The van der Waals surface area contributed by atoms with E-state index in [0.29, 0.717) is 0 Å². The quantitative estimate of drug-likeness (QED) is 0.656. The molecule has 0 spiro atoms. The van der Waals surface area contributed by atoms with Gasteiger partial charge in [-0.3, -0.25) is 0 Å². The molecule has 0 fully saturated rings. The average Bonchev–Trinajstić information content (AvgIpc) is 1.88. The van der Waals surface area contributed by atoms with E-state index in [-0.39, 0.29) is 0 Å². The summed E-state index contributed by atoms with van der Waals surface area (Å²) in [6, 6.07) is 8.04. The van der Waals surface area contributed by atoms with Crippen LogP contribution in [0.3, 0.4) is 0 Å². The Bertz CT molecular complexity index is 223. The molecule has 3 heteroatoms. The molecule has 10 heavy (non-hydrogen) atoms. The van der Waals surface area contributed by atoms with E-state index in [1.807, 2.05) is 31.2 Å². The molecule has 0 heterocycles. The zero-order chi connectivity index (χ0) is 7.56. The molecule has 0 N–H and O–H groups in total. The molecule has 0 nitrogen and oxygen atoms in total. The number of benzene rings is 1. The molecule has 0 unspecified atom stereocenters. The first-order chi connectivity index (χ1) is 4.70. The number of hydrogen-bond donors (Lipinski definition) is 0. The number of aryl methyl sites for hydroxylation is 1. The molecule has 0 saturated heterocycles. The summed E-state index contributed by atoms with van der Waals surface area (Å²) in [6.07, 6.45) is 0. The molecular formula is C7H7AsCl2. The molecule has 0 atom stereocenters. The van der Waals surface area contributed by atoms with Crippen LogP contribution in [0.4, 0.5) is 0 Å². The van der Waals surface area contributed by atoms with Gasteiger partial charge in [-0.15, -0.1) is 0 Å². The normalized spacial score (nSPS) is 10.4. The van der Waals surface area contributed by atoms with Gasteiger partial charge in [0.2, 0.25) is 0 Å². The maximum atomic E-state index is 5.79. The van der Waals surface area contributed by atoms with Gasteiger partial charge in [0.1, 0.15) is 0 Å². The van der Waals surface area contributed by atoms with Crippen LogP contribution in [0.2, 0.25) is 0 Å². The average molecular weight is 237 g/mol. The molecule has 0 aliphatic carbocycles. The minimum absolute atomic E-state index is 1.11. The van der Waals surface area contributed by atoms with Gasteiger partial charge >= 0.3 is 73.8 Å². The summed E-state index contributed by atoms with van der Waals surface area (Å²) in [4.78, 5) is 0. The molecular weight excluding hydrogens is 230 g/mol. The van der Waals surface area contributed by atoms with E-state index in [1.54, 1.807) is 0 Å². The van der Waals surface area contributed by atoms with Crippen LogP contribution in [0.25, 0.3) is 0 Å². The van der Waals surface area contributed by atoms with E-state index >= 15 is 0 Å². The van der Waals surface area contributed by atoms with E-state index < -0.39 is 12.8 Å². The molecule has 0 aliphatic rings. The van der Waals surface area contributed by atoms with Crippen LogP contribution in [-0.4, -0.2) is 12.8 Å². The van der Waals surface area contributed by atoms with E-state index in [4.69, 9.17) is 19.9 Å². The fourth-order valence-corrected chi connectivity index (χ4v) is 2.87. The van der Waals surface area contributed by atoms with Gasteiger partial charge in [0.25, 0.3) is 0 Å². The van der Waals surface area contributed by atoms with Gasteiger partial charge in [-0.05, 0) is 0 Å². The van der Waals surface area contributed by atoms with Crippen LogP contribution in [0.5, 0.6) is 0 Å². The van der Waals surface area contributed by atoms with Gasteiger partial charge in [-0.2, -0.15) is 0 Å². The topological polar surface area (TPSA) is 0 Å². The number of halogens is 2. The van der Waals surface area contributed by atoms with Crippen molar-refractivity contribution in [3.63, 3.8) is 0 Å². The zero-order valence-electron chi connectivity index (χ0n) is 5.51. The summed E-state index contributed by atoms with van der Waals surface area (Å²) in [5, 5.41) is 0. The number of rotatable bonds is 1. The Balaban J connectivity index is 2.96. The SMILES string of the molecule is Cc1cccc([As](Cl)Cl)c1. The number of hydrogen-bond acceptors (Lipinski definition) is 0. The van der Waals surface area contributed by atoms with Crippen molar-refractivity contribution in [3.05, 3.63) is 29.8 Å². The van der Waals surface area contributed by atoms with Crippen LogP contribution >= 0.6 is 19.9 Å². The van der Waals surface area contributed by atoms with Gasteiger partial charge in [-0.1, -0.05) is 0 Å². The summed E-state index contributed by atoms with van der Waals surface area (Å²) >= 11 is -1.67. The first-order valence-electron chi connectivity index (χ1n) is 2.88. The molecule has 0 radical (unpaired) electrons. The van der Waals surface area contributed by atoms with Crippen LogP contribution in [0.15, 0.2) is 24.3 Å². The van der Waals surface area contributed by atoms with Gasteiger partial charge in [0, 0.05) is 0 Å². The Hall–Kier alpha value is 0.358. The minimum atomic E-state index is -1.67. The monoisotopic (exact) mass is 236 g/mol. The Morgan fingerprint density at radius 1 is 1.30 bits per heavy atom. The summed E-state index contributed by atoms with van der Waals surface area (Å²) in [7, 11) is 11.6. The molecule has 1 rings (SSSR count). The fourth-order valence-electron chi connectivity index (χ4n) is 0.733. The Labute approximate surface area is 73.7 Å². The van der Waals surface area contributed by atoms with Crippen molar-refractivity contribution in [3.8, 4) is 0 Å². The van der Waals surface area contributed by atoms with Crippen molar-refractivity contribution >= 4 is 37.0 Å². The van der Waals surface area contributed by atoms with E-state index in [1.165, 1.54) is 5.56 Å². The van der Waals surface area contributed by atoms with Crippen molar-refractivity contribution in [1.82, 2.24) is 0 Å². The molecule has 54 valence electrons. The predicted octanol–water partition coefficient (Wildman–Crippen LogP) is 2.17. The fraction of sp³-hybridized carbons (Fsp3) is 0.143. The molecule has 0 saturated carbocycles. The van der Waals surface area contributed by atoms with Gasteiger partial charge in [0.15, 0.2) is 0 Å². The molecule has 0 aliphatic heterocycles. The summed E-state index contributed by atoms with van der Waals surface area (Å²) in [6.45, 7) is 2.04. The van der Waals surface area contributed by atoms with Crippen molar-refractivity contribution in [1.29, 1.82) is 0 Å². The molecule has 0 bridgehead atoms. The summed E-state index contributed by atoms with van der Waals surface area (Å²) in [5.41, 5.74) is 1.22. The van der Waals surface area contributed by atoms with Crippen LogP contribution in [0, 0.1) is 6.92 Å².